The zero-order valence-electron chi connectivity index (χ0n) is 15.4. The second kappa shape index (κ2) is 7.54. The molecule has 1 heterocycles. The monoisotopic (exact) mass is 365 g/mol. The van der Waals surface area contributed by atoms with E-state index in [0.29, 0.717) is 24.6 Å². The summed E-state index contributed by atoms with van der Waals surface area (Å²) >= 11 is 1.70. The molecule has 6 heteroatoms. The van der Waals surface area contributed by atoms with Gasteiger partial charge in [-0.15, -0.1) is 0 Å². The Morgan fingerprint density at radius 3 is 2.92 bits per heavy atom. The van der Waals surface area contributed by atoms with Crippen molar-refractivity contribution in [1.29, 1.82) is 0 Å². The number of fused-ring (bicyclic) bond motifs is 1. The number of halogens is 1. The molecule has 0 spiro atoms. The molecule has 3 atom stereocenters. The average Bonchev–Trinajstić information content (AvgIpc) is 3.04. The van der Waals surface area contributed by atoms with Gasteiger partial charge in [-0.05, 0) is 35.9 Å². The predicted octanol–water partition coefficient (Wildman–Crippen LogP) is 3.17. The Kier molecular flexibility index (Phi) is 5.58. The van der Waals surface area contributed by atoms with Crippen LogP contribution in [-0.2, 0) is 17.0 Å². The lowest BCUT2D eigenvalue weighted by molar-refractivity contribution is -0.106. The van der Waals surface area contributed by atoms with Gasteiger partial charge >= 0.3 is 0 Å². The van der Waals surface area contributed by atoms with Gasteiger partial charge in [-0.2, -0.15) is 11.8 Å². The van der Waals surface area contributed by atoms with Crippen molar-refractivity contribution in [3.8, 4) is 0 Å². The summed E-state index contributed by atoms with van der Waals surface area (Å²) in [5.74, 6) is 1.98. The predicted molar refractivity (Wildman–Crippen MR) is 102 cm³/mol. The summed E-state index contributed by atoms with van der Waals surface area (Å²) in [5, 5.41) is 6.96. The summed E-state index contributed by atoms with van der Waals surface area (Å²) < 4.78 is 19.4. The minimum Gasteiger partial charge on any atom is -0.377 e. The third-order valence-electron chi connectivity index (χ3n) is 5.53. The highest BCUT2D eigenvalue weighted by atomic mass is 32.2. The Morgan fingerprint density at radius 2 is 2.20 bits per heavy atom. The SMILES string of the molecule is CN=C(NCc1ccc(F)cc1CSC)NC1C2CCOC2C1(C)C. The van der Waals surface area contributed by atoms with Crippen molar-refractivity contribution < 1.29 is 9.13 Å². The van der Waals surface area contributed by atoms with Crippen LogP contribution in [0.2, 0.25) is 0 Å². The minimum absolute atomic E-state index is 0.110. The van der Waals surface area contributed by atoms with Crippen molar-refractivity contribution in [2.24, 2.45) is 16.3 Å². The standard InChI is InChI=1S/C19H28FN3OS/c1-19(2)16(15-7-8-24-17(15)19)23-18(21-3)22-10-12-5-6-14(20)9-13(12)11-25-4/h5-6,9,15-17H,7-8,10-11H2,1-4H3,(H2,21,22,23). The van der Waals surface area contributed by atoms with Gasteiger partial charge in [0.05, 0.1) is 6.10 Å². The van der Waals surface area contributed by atoms with E-state index >= 15 is 0 Å². The smallest absolute Gasteiger partial charge is 0.191 e. The Bertz CT molecular complexity index is 650. The number of nitrogens with zero attached hydrogens (tertiary/aromatic N) is 1. The lowest BCUT2D eigenvalue weighted by atomic mass is 9.57. The van der Waals surface area contributed by atoms with Crippen molar-refractivity contribution in [3.05, 3.63) is 35.1 Å². The first-order chi connectivity index (χ1) is 12.0. The number of ether oxygens (including phenoxy) is 1. The topological polar surface area (TPSA) is 45.7 Å². The molecule has 3 rings (SSSR count). The van der Waals surface area contributed by atoms with Gasteiger partial charge in [-0.25, -0.2) is 4.39 Å². The van der Waals surface area contributed by atoms with Crippen molar-refractivity contribution in [2.45, 2.75) is 44.7 Å². The highest BCUT2D eigenvalue weighted by Crippen LogP contribution is 2.52. The number of nitrogens with one attached hydrogen (secondary N) is 2. The Balaban J connectivity index is 1.62. The lowest BCUT2D eigenvalue weighted by Gasteiger charge is -2.54. The zero-order chi connectivity index (χ0) is 18.0. The van der Waals surface area contributed by atoms with E-state index in [0.717, 1.165) is 35.9 Å². The summed E-state index contributed by atoms with van der Waals surface area (Å²) in [6.07, 6.45) is 3.49. The molecular weight excluding hydrogens is 337 g/mol. The van der Waals surface area contributed by atoms with Gasteiger partial charge in [-0.1, -0.05) is 19.9 Å². The van der Waals surface area contributed by atoms with E-state index in [1.165, 1.54) is 6.07 Å². The minimum atomic E-state index is -0.182. The number of aliphatic imine (C=N–C) groups is 1. The summed E-state index contributed by atoms with van der Waals surface area (Å²) in [5.41, 5.74) is 2.25. The van der Waals surface area contributed by atoms with Crippen LogP contribution in [0, 0.1) is 17.2 Å². The molecule has 1 saturated carbocycles. The Hall–Kier alpha value is -1.27. The van der Waals surface area contributed by atoms with E-state index < -0.39 is 0 Å². The first-order valence-electron chi connectivity index (χ1n) is 8.82. The van der Waals surface area contributed by atoms with Crippen molar-refractivity contribution in [3.63, 3.8) is 0 Å². The van der Waals surface area contributed by atoms with Crippen molar-refractivity contribution in [1.82, 2.24) is 10.6 Å². The first kappa shape index (κ1) is 18.5. The maximum atomic E-state index is 13.5. The molecule has 0 amide bonds. The van der Waals surface area contributed by atoms with Gasteiger partial charge in [0, 0.05) is 43.3 Å². The second-order valence-corrected chi connectivity index (χ2v) is 8.33. The van der Waals surface area contributed by atoms with Crippen LogP contribution in [0.25, 0.3) is 0 Å². The third-order valence-corrected chi connectivity index (χ3v) is 6.13. The van der Waals surface area contributed by atoms with Crippen LogP contribution in [0.15, 0.2) is 23.2 Å². The molecule has 2 N–H and O–H groups in total. The largest absolute Gasteiger partial charge is 0.377 e. The van der Waals surface area contributed by atoms with Crippen LogP contribution >= 0.6 is 11.8 Å². The fourth-order valence-corrected chi connectivity index (χ4v) is 4.77. The molecule has 25 heavy (non-hydrogen) atoms. The van der Waals surface area contributed by atoms with Crippen LogP contribution in [0.5, 0.6) is 0 Å². The Labute approximate surface area is 154 Å². The molecule has 1 aliphatic carbocycles. The number of guanidine groups is 1. The van der Waals surface area contributed by atoms with Gasteiger partial charge < -0.3 is 15.4 Å². The van der Waals surface area contributed by atoms with Crippen LogP contribution in [0.1, 0.15) is 31.4 Å². The number of benzene rings is 1. The molecule has 1 aromatic carbocycles. The van der Waals surface area contributed by atoms with Crippen molar-refractivity contribution >= 4 is 17.7 Å². The molecule has 138 valence electrons. The zero-order valence-corrected chi connectivity index (χ0v) is 16.3. The van der Waals surface area contributed by atoms with Gasteiger partial charge in [-0.3, -0.25) is 4.99 Å². The van der Waals surface area contributed by atoms with Crippen LogP contribution in [0.3, 0.4) is 0 Å². The number of hydrogen-bond donors (Lipinski definition) is 2. The number of rotatable bonds is 5. The summed E-state index contributed by atoms with van der Waals surface area (Å²) in [6, 6.07) is 5.37. The highest BCUT2D eigenvalue weighted by molar-refractivity contribution is 7.97. The van der Waals surface area contributed by atoms with Gasteiger partial charge in [0.1, 0.15) is 5.82 Å². The molecule has 0 bridgehead atoms. The van der Waals surface area contributed by atoms with E-state index in [2.05, 4.69) is 29.5 Å². The lowest BCUT2D eigenvalue weighted by Crippen LogP contribution is -2.67. The number of thioether (sulfide) groups is 1. The van der Waals surface area contributed by atoms with Gasteiger partial charge in [0.15, 0.2) is 5.96 Å². The quantitative estimate of drug-likeness (QED) is 0.621. The highest BCUT2D eigenvalue weighted by Gasteiger charge is 2.59. The molecule has 2 aliphatic rings. The van der Waals surface area contributed by atoms with Crippen LogP contribution in [0.4, 0.5) is 4.39 Å². The van der Waals surface area contributed by atoms with E-state index in [9.17, 15) is 4.39 Å². The van der Waals surface area contributed by atoms with Crippen LogP contribution < -0.4 is 10.6 Å². The molecule has 0 aromatic heterocycles. The molecule has 2 fully saturated rings. The second-order valence-electron chi connectivity index (χ2n) is 7.46. The molecule has 1 aromatic rings. The fourth-order valence-electron chi connectivity index (χ4n) is 4.19. The van der Waals surface area contributed by atoms with Gasteiger partial charge in [0.25, 0.3) is 0 Å². The maximum absolute atomic E-state index is 13.5. The van der Waals surface area contributed by atoms with E-state index in [1.54, 1.807) is 24.9 Å². The molecule has 0 radical (unpaired) electrons. The van der Waals surface area contributed by atoms with E-state index in [-0.39, 0.29) is 11.2 Å². The van der Waals surface area contributed by atoms with Crippen molar-refractivity contribution in [2.75, 3.05) is 19.9 Å². The summed E-state index contributed by atoms with van der Waals surface area (Å²) in [6.45, 7) is 5.99. The molecule has 1 aliphatic heterocycles. The first-order valence-corrected chi connectivity index (χ1v) is 10.2. The van der Waals surface area contributed by atoms with Crippen LogP contribution in [-0.4, -0.2) is 38.0 Å². The average molecular weight is 366 g/mol. The molecule has 1 saturated heterocycles. The normalized spacial score (nSPS) is 27.6. The number of hydrogen-bond acceptors (Lipinski definition) is 3. The van der Waals surface area contributed by atoms with E-state index in [4.69, 9.17) is 4.74 Å². The summed E-state index contributed by atoms with van der Waals surface area (Å²) in [4.78, 5) is 4.37. The molecule has 3 unspecified atom stereocenters. The molecular formula is C19H28FN3OS. The van der Waals surface area contributed by atoms with E-state index in [1.807, 2.05) is 12.3 Å². The van der Waals surface area contributed by atoms with Gasteiger partial charge in [0.2, 0.25) is 0 Å². The Morgan fingerprint density at radius 1 is 1.40 bits per heavy atom. The maximum Gasteiger partial charge on any atom is 0.191 e. The third kappa shape index (κ3) is 3.65. The summed E-state index contributed by atoms with van der Waals surface area (Å²) in [7, 11) is 1.79. The fraction of sp³-hybridized carbons (Fsp3) is 0.632. The molecule has 4 nitrogen and oxygen atoms in total.